The van der Waals surface area contributed by atoms with Crippen molar-refractivity contribution in [1.29, 1.82) is 0 Å². The van der Waals surface area contributed by atoms with Gasteiger partial charge in [-0.3, -0.25) is 0 Å². The molecule has 25 heavy (non-hydrogen) atoms. The lowest BCUT2D eigenvalue weighted by atomic mass is 9.97. The second kappa shape index (κ2) is 6.69. The first-order valence-corrected chi connectivity index (χ1v) is 8.02. The van der Waals surface area contributed by atoms with Crippen molar-refractivity contribution in [2.45, 2.75) is 26.1 Å². The molecular formula is C20H22O5. The fraction of sp³-hybridized carbons (Fsp3) is 0.300. The number of methoxy groups -OCH3 is 2. The average Bonchev–Trinajstić information content (AvgIpc) is 2.90. The van der Waals surface area contributed by atoms with E-state index in [1.807, 2.05) is 26.0 Å². The van der Waals surface area contributed by atoms with Gasteiger partial charge in [0.05, 0.1) is 14.2 Å². The van der Waals surface area contributed by atoms with Crippen LogP contribution in [-0.2, 0) is 4.74 Å². The van der Waals surface area contributed by atoms with E-state index in [1.165, 1.54) is 14.2 Å². The van der Waals surface area contributed by atoms with E-state index in [1.54, 1.807) is 24.3 Å². The van der Waals surface area contributed by atoms with E-state index in [2.05, 4.69) is 0 Å². The first-order chi connectivity index (χ1) is 12.0. The number of hydrogen-bond donors (Lipinski definition) is 2. The van der Waals surface area contributed by atoms with Crippen molar-refractivity contribution in [3.63, 3.8) is 0 Å². The zero-order chi connectivity index (χ0) is 18.1. The third-order valence-corrected chi connectivity index (χ3v) is 4.69. The fourth-order valence-electron chi connectivity index (χ4n) is 3.15. The van der Waals surface area contributed by atoms with Gasteiger partial charge in [-0.15, -0.1) is 0 Å². The molecule has 0 spiro atoms. The summed E-state index contributed by atoms with van der Waals surface area (Å²) in [5.74, 6) is 1.02. The summed E-state index contributed by atoms with van der Waals surface area (Å²) < 4.78 is 16.4. The average molecular weight is 342 g/mol. The molecule has 0 fully saturated rings. The Hall–Kier alpha value is -2.66. The first kappa shape index (κ1) is 17.2. The minimum absolute atomic E-state index is 0.0830. The van der Waals surface area contributed by atoms with Crippen molar-refractivity contribution in [2.24, 2.45) is 0 Å². The van der Waals surface area contributed by atoms with Crippen LogP contribution in [0, 0.1) is 0 Å². The summed E-state index contributed by atoms with van der Waals surface area (Å²) >= 11 is 0. The molecule has 5 heteroatoms. The number of ether oxygens (including phenoxy) is 3. The molecular weight excluding hydrogens is 320 g/mol. The molecule has 5 nitrogen and oxygen atoms in total. The Kier molecular flexibility index (Phi) is 4.59. The van der Waals surface area contributed by atoms with Crippen LogP contribution in [0.25, 0.3) is 0 Å². The van der Waals surface area contributed by atoms with Gasteiger partial charge < -0.3 is 24.4 Å². The van der Waals surface area contributed by atoms with Gasteiger partial charge in [-0.1, -0.05) is 12.1 Å². The van der Waals surface area contributed by atoms with Crippen LogP contribution >= 0.6 is 0 Å². The molecule has 1 aliphatic heterocycles. The SMILES string of the molecule is COc1ccc([C@@H]2O[C@@H](c3ccc(OC)c(O)c3)C(C)=C2C)cc1O. The standard InChI is InChI=1S/C20H22O5/c1-11-12(2)20(14-6-8-18(24-4)16(22)10-14)25-19(11)13-5-7-17(23-3)15(21)9-13/h5-10,19-22H,1-4H3/t19-,20-/m1/s1. The lowest BCUT2D eigenvalue weighted by Crippen LogP contribution is -2.03. The highest BCUT2D eigenvalue weighted by Crippen LogP contribution is 2.47. The van der Waals surface area contributed by atoms with E-state index in [9.17, 15) is 10.2 Å². The Morgan fingerprint density at radius 1 is 0.760 bits per heavy atom. The summed E-state index contributed by atoms with van der Waals surface area (Å²) in [6, 6.07) is 10.5. The lowest BCUT2D eigenvalue weighted by Gasteiger charge is -2.18. The molecule has 0 bridgehead atoms. The van der Waals surface area contributed by atoms with E-state index in [-0.39, 0.29) is 23.7 Å². The van der Waals surface area contributed by atoms with Crippen LogP contribution < -0.4 is 9.47 Å². The van der Waals surface area contributed by atoms with Gasteiger partial charge >= 0.3 is 0 Å². The lowest BCUT2D eigenvalue weighted by molar-refractivity contribution is 0.0515. The summed E-state index contributed by atoms with van der Waals surface area (Å²) in [7, 11) is 3.03. The molecule has 1 heterocycles. The van der Waals surface area contributed by atoms with Crippen LogP contribution in [0.2, 0.25) is 0 Å². The predicted molar refractivity (Wildman–Crippen MR) is 94.3 cm³/mol. The van der Waals surface area contributed by atoms with Gasteiger partial charge in [0, 0.05) is 0 Å². The van der Waals surface area contributed by atoms with Gasteiger partial charge in [0.15, 0.2) is 23.0 Å². The van der Waals surface area contributed by atoms with Crippen molar-refractivity contribution in [1.82, 2.24) is 0 Å². The molecule has 132 valence electrons. The van der Waals surface area contributed by atoms with Gasteiger partial charge in [0.1, 0.15) is 12.2 Å². The smallest absolute Gasteiger partial charge is 0.160 e. The molecule has 2 aromatic carbocycles. The van der Waals surface area contributed by atoms with Crippen LogP contribution in [0.4, 0.5) is 0 Å². The van der Waals surface area contributed by atoms with Crippen molar-refractivity contribution >= 4 is 0 Å². The Bertz CT molecular complexity index is 757. The quantitative estimate of drug-likeness (QED) is 0.813. The summed E-state index contributed by atoms with van der Waals surface area (Å²) in [6.45, 7) is 4.04. The van der Waals surface area contributed by atoms with E-state index in [0.29, 0.717) is 11.5 Å². The number of phenols is 2. The Balaban J connectivity index is 1.92. The number of hydrogen-bond acceptors (Lipinski definition) is 5. The van der Waals surface area contributed by atoms with Gasteiger partial charge in [0.25, 0.3) is 0 Å². The normalized spacial score (nSPS) is 20.0. The number of aromatic hydroxyl groups is 2. The first-order valence-electron chi connectivity index (χ1n) is 8.02. The Labute approximate surface area is 147 Å². The van der Waals surface area contributed by atoms with Gasteiger partial charge in [0.2, 0.25) is 0 Å². The van der Waals surface area contributed by atoms with E-state index in [0.717, 1.165) is 22.3 Å². The van der Waals surface area contributed by atoms with Gasteiger partial charge in [-0.2, -0.15) is 0 Å². The van der Waals surface area contributed by atoms with Crippen molar-refractivity contribution in [2.75, 3.05) is 14.2 Å². The minimum atomic E-state index is -0.258. The van der Waals surface area contributed by atoms with Crippen LogP contribution in [0.5, 0.6) is 23.0 Å². The molecule has 0 saturated carbocycles. The predicted octanol–water partition coefficient (Wildman–Crippen LogP) is 4.26. The van der Waals surface area contributed by atoms with Crippen LogP contribution in [0.15, 0.2) is 47.5 Å². The maximum atomic E-state index is 10.0. The monoisotopic (exact) mass is 342 g/mol. The largest absolute Gasteiger partial charge is 0.504 e. The summed E-state index contributed by atoms with van der Waals surface area (Å²) in [5, 5.41) is 20.1. The van der Waals surface area contributed by atoms with Crippen LogP contribution in [-0.4, -0.2) is 24.4 Å². The fourth-order valence-corrected chi connectivity index (χ4v) is 3.15. The molecule has 0 unspecified atom stereocenters. The number of rotatable bonds is 4. The molecule has 1 aliphatic rings. The topological polar surface area (TPSA) is 68.2 Å². The molecule has 0 radical (unpaired) electrons. The number of phenolic OH excluding ortho intramolecular Hbond substituents is 2. The minimum Gasteiger partial charge on any atom is -0.504 e. The molecule has 0 aliphatic carbocycles. The zero-order valence-corrected chi connectivity index (χ0v) is 14.7. The van der Waals surface area contributed by atoms with Crippen LogP contribution in [0.1, 0.15) is 37.2 Å². The van der Waals surface area contributed by atoms with E-state index >= 15 is 0 Å². The number of benzene rings is 2. The highest BCUT2D eigenvalue weighted by atomic mass is 16.5. The summed E-state index contributed by atoms with van der Waals surface area (Å²) in [5.41, 5.74) is 3.89. The maximum absolute atomic E-state index is 10.0. The molecule has 0 amide bonds. The molecule has 2 N–H and O–H groups in total. The molecule has 0 saturated heterocycles. The third-order valence-electron chi connectivity index (χ3n) is 4.69. The molecule has 3 rings (SSSR count). The highest BCUT2D eigenvalue weighted by Gasteiger charge is 2.32. The van der Waals surface area contributed by atoms with E-state index in [4.69, 9.17) is 14.2 Å². The molecule has 2 aromatic rings. The molecule has 2 atom stereocenters. The van der Waals surface area contributed by atoms with Crippen LogP contribution in [0.3, 0.4) is 0 Å². The zero-order valence-electron chi connectivity index (χ0n) is 14.7. The third kappa shape index (κ3) is 3.03. The van der Waals surface area contributed by atoms with Crippen molar-refractivity contribution < 1.29 is 24.4 Å². The Morgan fingerprint density at radius 3 is 1.48 bits per heavy atom. The van der Waals surface area contributed by atoms with Crippen molar-refractivity contribution in [3.05, 3.63) is 58.7 Å². The summed E-state index contributed by atoms with van der Waals surface area (Å²) in [6.07, 6.45) is -0.517. The second-order valence-electron chi connectivity index (χ2n) is 6.12. The van der Waals surface area contributed by atoms with E-state index < -0.39 is 0 Å². The van der Waals surface area contributed by atoms with Gasteiger partial charge in [-0.25, -0.2) is 0 Å². The molecule has 0 aromatic heterocycles. The highest BCUT2D eigenvalue weighted by molar-refractivity contribution is 5.48. The summed E-state index contributed by atoms with van der Waals surface area (Å²) in [4.78, 5) is 0. The van der Waals surface area contributed by atoms with Crippen molar-refractivity contribution in [3.8, 4) is 23.0 Å². The van der Waals surface area contributed by atoms with Gasteiger partial charge in [-0.05, 0) is 60.4 Å². The maximum Gasteiger partial charge on any atom is 0.160 e. The second-order valence-corrected chi connectivity index (χ2v) is 6.12. The Morgan fingerprint density at radius 2 is 1.16 bits per heavy atom.